The lowest BCUT2D eigenvalue weighted by molar-refractivity contribution is 0.132. The monoisotopic (exact) mass is 444 g/mol. The molecule has 3 heterocycles. The molecule has 0 aliphatic carbocycles. The van der Waals surface area contributed by atoms with Gasteiger partial charge in [-0.1, -0.05) is 12.1 Å². The van der Waals surface area contributed by atoms with E-state index in [-0.39, 0.29) is 0 Å². The molecule has 1 saturated heterocycles. The number of nitrogens with zero attached hydrogens (tertiary/aromatic N) is 5. The molecule has 7 nitrogen and oxygen atoms in total. The van der Waals surface area contributed by atoms with E-state index in [1.54, 1.807) is 19.8 Å². The molecule has 0 amide bonds. The van der Waals surface area contributed by atoms with E-state index in [4.69, 9.17) is 4.74 Å². The zero-order chi connectivity index (χ0) is 22.5. The number of hydrogen-bond donors (Lipinski definition) is 1. The van der Waals surface area contributed by atoms with Crippen LogP contribution in [0.25, 0.3) is 16.6 Å². The molecule has 1 fully saturated rings. The lowest BCUT2D eigenvalue weighted by Crippen LogP contribution is -2.47. The highest BCUT2D eigenvalue weighted by Crippen LogP contribution is 2.23. The first kappa shape index (κ1) is 21.7. The largest absolute Gasteiger partial charge is 0.497 e. The van der Waals surface area contributed by atoms with Crippen LogP contribution < -0.4 is 4.74 Å². The van der Waals surface area contributed by atoms with Crippen LogP contribution >= 0.6 is 0 Å². The van der Waals surface area contributed by atoms with Crippen molar-refractivity contribution in [3.63, 3.8) is 0 Å². The van der Waals surface area contributed by atoms with Crippen molar-refractivity contribution < 1.29 is 4.74 Å². The van der Waals surface area contributed by atoms with Gasteiger partial charge in [-0.25, -0.2) is 0 Å². The molecule has 33 heavy (non-hydrogen) atoms. The van der Waals surface area contributed by atoms with Gasteiger partial charge >= 0.3 is 0 Å². The first-order valence-corrected chi connectivity index (χ1v) is 11.8. The molecule has 4 aromatic rings. The van der Waals surface area contributed by atoms with Crippen LogP contribution in [0.1, 0.15) is 17.5 Å². The maximum Gasteiger partial charge on any atom is 0.123 e. The molecule has 0 atom stereocenters. The summed E-state index contributed by atoms with van der Waals surface area (Å²) in [7, 11) is 1.73. The number of aryl methyl sites for hydroxylation is 1. The fourth-order valence-corrected chi connectivity index (χ4v) is 4.71. The zero-order valence-corrected chi connectivity index (χ0v) is 19.3. The van der Waals surface area contributed by atoms with Gasteiger partial charge in [0.15, 0.2) is 0 Å². The van der Waals surface area contributed by atoms with Gasteiger partial charge in [-0.15, -0.1) is 10.2 Å². The number of H-pyrrole nitrogens is 1. The predicted octanol–water partition coefficient (Wildman–Crippen LogP) is 3.55. The molecule has 0 unspecified atom stereocenters. The first-order chi connectivity index (χ1) is 16.3. The van der Waals surface area contributed by atoms with E-state index in [0.717, 1.165) is 63.5 Å². The number of benzene rings is 2. The molecule has 0 spiro atoms. The smallest absolute Gasteiger partial charge is 0.123 e. The van der Waals surface area contributed by atoms with Crippen LogP contribution in [0.2, 0.25) is 0 Å². The van der Waals surface area contributed by atoms with Gasteiger partial charge < -0.3 is 19.5 Å². The summed E-state index contributed by atoms with van der Waals surface area (Å²) in [6.07, 6.45) is 8.98. The highest BCUT2D eigenvalue weighted by molar-refractivity contribution is 5.85. The molecular weight excluding hydrogens is 412 g/mol. The second-order valence-corrected chi connectivity index (χ2v) is 8.80. The van der Waals surface area contributed by atoms with Crippen molar-refractivity contribution in [2.24, 2.45) is 0 Å². The Morgan fingerprint density at radius 1 is 0.909 bits per heavy atom. The van der Waals surface area contributed by atoms with Crippen LogP contribution in [0.4, 0.5) is 0 Å². The van der Waals surface area contributed by atoms with Crippen LogP contribution in [-0.2, 0) is 12.8 Å². The van der Waals surface area contributed by atoms with Gasteiger partial charge in [0.1, 0.15) is 18.4 Å². The zero-order valence-electron chi connectivity index (χ0n) is 19.3. The highest BCUT2D eigenvalue weighted by atomic mass is 16.5. The predicted molar refractivity (Wildman–Crippen MR) is 131 cm³/mol. The average Bonchev–Trinajstić information content (AvgIpc) is 3.54. The van der Waals surface area contributed by atoms with Crippen molar-refractivity contribution in [2.45, 2.75) is 19.3 Å². The molecule has 5 rings (SSSR count). The molecule has 0 saturated carbocycles. The summed E-state index contributed by atoms with van der Waals surface area (Å²) in [4.78, 5) is 8.62. The molecular formula is C26H32N6O. The average molecular weight is 445 g/mol. The minimum absolute atomic E-state index is 0.947. The van der Waals surface area contributed by atoms with Gasteiger partial charge in [-0.3, -0.25) is 4.57 Å². The number of ether oxygens (including phenoxy) is 1. The lowest BCUT2D eigenvalue weighted by atomic mass is 10.1. The van der Waals surface area contributed by atoms with Gasteiger partial charge in [0.2, 0.25) is 0 Å². The Balaban J connectivity index is 1.08. The number of hydrogen-bond acceptors (Lipinski definition) is 5. The number of rotatable bonds is 9. The van der Waals surface area contributed by atoms with Gasteiger partial charge in [0.25, 0.3) is 0 Å². The summed E-state index contributed by atoms with van der Waals surface area (Å²) in [5.41, 5.74) is 5.02. The molecule has 1 aliphatic heterocycles. The molecule has 1 N–H and O–H groups in total. The maximum atomic E-state index is 5.34. The molecule has 0 bridgehead atoms. The summed E-state index contributed by atoms with van der Waals surface area (Å²) < 4.78 is 7.29. The Hall–Kier alpha value is -3.16. The Morgan fingerprint density at radius 2 is 1.70 bits per heavy atom. The van der Waals surface area contributed by atoms with Crippen molar-refractivity contribution in [3.8, 4) is 11.4 Å². The number of nitrogens with one attached hydrogen (secondary N) is 1. The van der Waals surface area contributed by atoms with E-state index in [2.05, 4.69) is 67.6 Å². The van der Waals surface area contributed by atoms with Crippen molar-refractivity contribution in [3.05, 3.63) is 72.4 Å². The first-order valence-electron chi connectivity index (χ1n) is 11.8. The van der Waals surface area contributed by atoms with Crippen LogP contribution in [0, 0.1) is 0 Å². The van der Waals surface area contributed by atoms with Crippen LogP contribution in [-0.4, -0.2) is 75.9 Å². The molecule has 2 aromatic carbocycles. The second kappa shape index (κ2) is 10.2. The topological polar surface area (TPSA) is 62.2 Å². The number of aromatic nitrogens is 4. The second-order valence-electron chi connectivity index (χ2n) is 8.80. The van der Waals surface area contributed by atoms with E-state index in [0.29, 0.717) is 0 Å². The van der Waals surface area contributed by atoms with Crippen molar-refractivity contribution in [2.75, 3.05) is 46.4 Å². The fourth-order valence-electron chi connectivity index (χ4n) is 4.71. The number of aromatic amines is 1. The Labute approximate surface area is 195 Å². The third-order valence-electron chi connectivity index (χ3n) is 6.70. The van der Waals surface area contributed by atoms with Gasteiger partial charge in [-0.2, -0.15) is 0 Å². The van der Waals surface area contributed by atoms with Crippen molar-refractivity contribution in [1.29, 1.82) is 0 Å². The van der Waals surface area contributed by atoms with E-state index < -0.39 is 0 Å². The van der Waals surface area contributed by atoms with E-state index in [1.807, 2.05) is 10.6 Å². The SMILES string of the molecule is COc1cccc(CCN2CCN(CCCc3c[nH]c4ccc(-n5cnnc5)cc34)CC2)c1. The molecule has 7 heteroatoms. The Morgan fingerprint density at radius 3 is 2.48 bits per heavy atom. The number of piperazine rings is 1. The van der Waals surface area contributed by atoms with Crippen LogP contribution in [0.15, 0.2) is 61.3 Å². The number of methoxy groups -OCH3 is 1. The minimum Gasteiger partial charge on any atom is -0.497 e. The number of fused-ring (bicyclic) bond motifs is 1. The van der Waals surface area contributed by atoms with Crippen molar-refractivity contribution >= 4 is 10.9 Å². The van der Waals surface area contributed by atoms with Gasteiger partial charge in [0, 0.05) is 55.5 Å². The van der Waals surface area contributed by atoms with Gasteiger partial charge in [0.05, 0.1) is 7.11 Å². The van der Waals surface area contributed by atoms with Crippen molar-refractivity contribution in [1.82, 2.24) is 29.5 Å². The summed E-state index contributed by atoms with van der Waals surface area (Å²) >= 11 is 0. The third kappa shape index (κ3) is 5.26. The quantitative estimate of drug-likeness (QED) is 0.428. The molecule has 0 radical (unpaired) electrons. The van der Waals surface area contributed by atoms with Crippen LogP contribution in [0.3, 0.4) is 0 Å². The highest BCUT2D eigenvalue weighted by Gasteiger charge is 2.16. The van der Waals surface area contributed by atoms with E-state index >= 15 is 0 Å². The Bertz CT molecular complexity index is 1160. The maximum absolute atomic E-state index is 5.34. The van der Waals surface area contributed by atoms with Crippen LogP contribution in [0.5, 0.6) is 5.75 Å². The van der Waals surface area contributed by atoms with Gasteiger partial charge in [-0.05, 0) is 67.3 Å². The Kier molecular flexibility index (Phi) is 6.69. The normalized spacial score (nSPS) is 15.3. The standard InChI is InChI=1S/C26H32N6O/c1-33-24-6-2-4-21(16-24)9-11-31-14-12-30(13-15-31)10-3-5-22-18-27-26-8-7-23(17-25(22)26)32-19-28-29-20-32/h2,4,6-8,16-20,27H,3,5,9-15H2,1H3. The third-order valence-corrected chi connectivity index (χ3v) is 6.70. The minimum atomic E-state index is 0.947. The molecule has 1 aliphatic rings. The summed E-state index contributed by atoms with van der Waals surface area (Å²) in [5, 5.41) is 9.14. The fraction of sp³-hybridized carbons (Fsp3) is 0.385. The summed E-state index contributed by atoms with van der Waals surface area (Å²) in [6, 6.07) is 14.9. The molecule has 172 valence electrons. The summed E-state index contributed by atoms with van der Waals surface area (Å²) in [6.45, 7) is 6.89. The lowest BCUT2D eigenvalue weighted by Gasteiger charge is -2.34. The molecule has 2 aromatic heterocycles. The van der Waals surface area contributed by atoms with E-state index in [9.17, 15) is 0 Å². The van der Waals surface area contributed by atoms with E-state index in [1.165, 1.54) is 28.5 Å². The summed E-state index contributed by atoms with van der Waals surface area (Å²) in [5.74, 6) is 0.947.